The molecule has 7 nitrogen and oxygen atoms in total. The standard InChI is InChI=1S/C20H17N5O2/c1-14(24-25-20(27)15-7-10-21-11-8-15)16-4-2-6-18(12-16)23-19(26)17-5-3-9-22-13-17/h2-13H,1H3,(H,23,26)(H,25,27)/b24-14-. The van der Waals surface area contributed by atoms with Crippen molar-refractivity contribution in [2.45, 2.75) is 6.92 Å². The van der Waals surface area contributed by atoms with Crippen LogP contribution in [-0.4, -0.2) is 27.5 Å². The molecule has 3 aromatic rings. The zero-order valence-corrected chi connectivity index (χ0v) is 14.6. The van der Waals surface area contributed by atoms with E-state index in [4.69, 9.17) is 0 Å². The van der Waals surface area contributed by atoms with E-state index in [1.54, 1.807) is 68.0 Å². The molecular weight excluding hydrogens is 342 g/mol. The molecule has 0 unspecified atom stereocenters. The molecule has 0 saturated heterocycles. The first-order valence-corrected chi connectivity index (χ1v) is 8.20. The second-order valence-corrected chi connectivity index (χ2v) is 5.65. The van der Waals surface area contributed by atoms with Gasteiger partial charge in [-0.25, -0.2) is 5.43 Å². The van der Waals surface area contributed by atoms with Gasteiger partial charge in [0, 0.05) is 36.0 Å². The van der Waals surface area contributed by atoms with Gasteiger partial charge in [-0.1, -0.05) is 12.1 Å². The first kappa shape index (κ1) is 17.9. The number of carbonyl (C=O) groups excluding carboxylic acids is 2. The molecule has 0 aliphatic carbocycles. The molecule has 2 N–H and O–H groups in total. The van der Waals surface area contributed by atoms with Gasteiger partial charge in [-0.15, -0.1) is 0 Å². The van der Waals surface area contributed by atoms with Gasteiger partial charge in [-0.3, -0.25) is 19.6 Å². The summed E-state index contributed by atoms with van der Waals surface area (Å²) < 4.78 is 0. The molecule has 3 rings (SSSR count). The van der Waals surface area contributed by atoms with E-state index in [0.717, 1.165) is 5.56 Å². The molecule has 2 amide bonds. The number of hydrazone groups is 1. The quantitative estimate of drug-likeness (QED) is 0.541. The summed E-state index contributed by atoms with van der Waals surface area (Å²) in [6, 6.07) is 13.8. The largest absolute Gasteiger partial charge is 0.322 e. The van der Waals surface area contributed by atoms with E-state index in [-0.39, 0.29) is 11.8 Å². The lowest BCUT2D eigenvalue weighted by molar-refractivity contribution is 0.0954. The highest BCUT2D eigenvalue weighted by molar-refractivity contribution is 6.05. The smallest absolute Gasteiger partial charge is 0.271 e. The average molecular weight is 359 g/mol. The Hall–Kier alpha value is -3.87. The van der Waals surface area contributed by atoms with E-state index in [1.165, 1.54) is 6.20 Å². The van der Waals surface area contributed by atoms with Crippen LogP contribution < -0.4 is 10.7 Å². The van der Waals surface area contributed by atoms with Crippen molar-refractivity contribution < 1.29 is 9.59 Å². The van der Waals surface area contributed by atoms with Crippen LogP contribution in [0.2, 0.25) is 0 Å². The highest BCUT2D eigenvalue weighted by atomic mass is 16.2. The number of nitrogens with one attached hydrogen (secondary N) is 2. The molecular formula is C20H17N5O2. The van der Waals surface area contributed by atoms with Crippen LogP contribution in [0.4, 0.5) is 5.69 Å². The molecule has 7 heteroatoms. The number of hydrogen-bond acceptors (Lipinski definition) is 5. The Labute approximate surface area is 156 Å². The number of anilines is 1. The minimum absolute atomic E-state index is 0.249. The fraction of sp³-hybridized carbons (Fsp3) is 0.0500. The third-order valence-corrected chi connectivity index (χ3v) is 3.73. The van der Waals surface area contributed by atoms with Gasteiger partial charge in [0.2, 0.25) is 0 Å². The van der Waals surface area contributed by atoms with Gasteiger partial charge in [0.15, 0.2) is 0 Å². The maximum Gasteiger partial charge on any atom is 0.271 e. The lowest BCUT2D eigenvalue weighted by Crippen LogP contribution is -2.19. The second kappa shape index (κ2) is 8.48. The zero-order chi connectivity index (χ0) is 19.1. The third kappa shape index (κ3) is 4.82. The first-order valence-electron chi connectivity index (χ1n) is 8.20. The van der Waals surface area contributed by atoms with Gasteiger partial charge in [0.05, 0.1) is 11.3 Å². The van der Waals surface area contributed by atoms with Crippen molar-refractivity contribution in [2.75, 3.05) is 5.32 Å². The Morgan fingerprint density at radius 2 is 1.63 bits per heavy atom. The zero-order valence-electron chi connectivity index (χ0n) is 14.6. The van der Waals surface area contributed by atoms with Crippen LogP contribution >= 0.6 is 0 Å². The number of hydrogen-bond donors (Lipinski definition) is 2. The van der Waals surface area contributed by atoms with Crippen molar-refractivity contribution in [1.82, 2.24) is 15.4 Å². The average Bonchev–Trinajstić information content (AvgIpc) is 2.73. The molecule has 0 aliphatic rings. The topological polar surface area (TPSA) is 96.3 Å². The summed E-state index contributed by atoms with van der Waals surface area (Å²) in [6.45, 7) is 1.77. The van der Waals surface area contributed by atoms with Crippen LogP contribution in [0.1, 0.15) is 33.2 Å². The van der Waals surface area contributed by atoms with Crippen molar-refractivity contribution in [3.63, 3.8) is 0 Å². The predicted molar refractivity (Wildman–Crippen MR) is 103 cm³/mol. The number of rotatable bonds is 5. The highest BCUT2D eigenvalue weighted by Crippen LogP contribution is 2.13. The maximum atomic E-state index is 12.2. The number of amides is 2. The molecule has 0 aliphatic heterocycles. The fourth-order valence-corrected chi connectivity index (χ4v) is 2.29. The van der Waals surface area contributed by atoms with Crippen molar-refractivity contribution in [2.24, 2.45) is 5.10 Å². The molecule has 2 heterocycles. The summed E-state index contributed by atoms with van der Waals surface area (Å²) in [4.78, 5) is 32.1. The lowest BCUT2D eigenvalue weighted by Gasteiger charge is -2.08. The number of aromatic nitrogens is 2. The van der Waals surface area contributed by atoms with Crippen LogP contribution in [0.5, 0.6) is 0 Å². The van der Waals surface area contributed by atoms with E-state index < -0.39 is 0 Å². The van der Waals surface area contributed by atoms with Crippen molar-refractivity contribution in [3.8, 4) is 0 Å². The van der Waals surface area contributed by atoms with Crippen molar-refractivity contribution in [3.05, 3.63) is 90.0 Å². The van der Waals surface area contributed by atoms with E-state index >= 15 is 0 Å². The van der Waals surface area contributed by atoms with Crippen LogP contribution in [0.25, 0.3) is 0 Å². The van der Waals surface area contributed by atoms with Gasteiger partial charge in [0.1, 0.15) is 0 Å². The molecule has 1 aromatic carbocycles. The number of pyridine rings is 2. The Morgan fingerprint density at radius 1 is 0.852 bits per heavy atom. The molecule has 0 atom stereocenters. The first-order chi connectivity index (χ1) is 13.1. The van der Waals surface area contributed by atoms with Crippen molar-refractivity contribution in [1.29, 1.82) is 0 Å². The monoisotopic (exact) mass is 359 g/mol. The Kier molecular flexibility index (Phi) is 5.64. The minimum atomic E-state index is -0.321. The van der Waals surface area contributed by atoms with E-state index in [2.05, 4.69) is 25.8 Å². The molecule has 0 saturated carbocycles. The SMILES string of the molecule is C/C(=N/NC(=O)c1ccncc1)c1cccc(NC(=O)c2cccnc2)c1. The Balaban J connectivity index is 1.69. The third-order valence-electron chi connectivity index (χ3n) is 3.73. The summed E-state index contributed by atoms with van der Waals surface area (Å²) in [5, 5.41) is 6.94. The summed E-state index contributed by atoms with van der Waals surface area (Å²) in [5.41, 5.74) is 5.45. The van der Waals surface area contributed by atoms with Crippen LogP contribution in [0.15, 0.2) is 78.4 Å². The number of benzene rings is 1. The van der Waals surface area contributed by atoms with Gasteiger partial charge >= 0.3 is 0 Å². The van der Waals surface area contributed by atoms with E-state index in [1.807, 2.05) is 6.07 Å². The normalized spacial score (nSPS) is 10.9. The van der Waals surface area contributed by atoms with Crippen molar-refractivity contribution >= 4 is 23.2 Å². The van der Waals surface area contributed by atoms with E-state index in [0.29, 0.717) is 22.5 Å². The molecule has 0 radical (unpaired) electrons. The van der Waals surface area contributed by atoms with Gasteiger partial charge in [-0.05, 0) is 48.9 Å². The summed E-state index contributed by atoms with van der Waals surface area (Å²) in [5.74, 6) is -0.571. The van der Waals surface area contributed by atoms with Gasteiger partial charge in [-0.2, -0.15) is 5.10 Å². The van der Waals surface area contributed by atoms with Crippen LogP contribution in [0.3, 0.4) is 0 Å². The molecule has 0 spiro atoms. The van der Waals surface area contributed by atoms with Crippen LogP contribution in [0, 0.1) is 0 Å². The van der Waals surface area contributed by atoms with Crippen LogP contribution in [-0.2, 0) is 0 Å². The molecule has 134 valence electrons. The van der Waals surface area contributed by atoms with E-state index in [9.17, 15) is 9.59 Å². The fourth-order valence-electron chi connectivity index (χ4n) is 2.29. The Bertz CT molecular complexity index is 972. The number of nitrogens with zero attached hydrogens (tertiary/aromatic N) is 3. The molecule has 2 aromatic heterocycles. The molecule has 0 fully saturated rings. The Morgan fingerprint density at radius 3 is 2.37 bits per heavy atom. The minimum Gasteiger partial charge on any atom is -0.322 e. The summed E-state index contributed by atoms with van der Waals surface area (Å²) in [6.07, 6.45) is 6.19. The predicted octanol–water partition coefficient (Wildman–Crippen LogP) is 2.88. The van der Waals surface area contributed by atoms with Gasteiger partial charge in [0.25, 0.3) is 11.8 Å². The summed E-state index contributed by atoms with van der Waals surface area (Å²) >= 11 is 0. The summed E-state index contributed by atoms with van der Waals surface area (Å²) in [7, 11) is 0. The number of carbonyl (C=O) groups is 2. The molecule has 27 heavy (non-hydrogen) atoms. The second-order valence-electron chi connectivity index (χ2n) is 5.65. The molecule has 0 bridgehead atoms. The maximum absolute atomic E-state index is 12.2. The lowest BCUT2D eigenvalue weighted by atomic mass is 10.1. The van der Waals surface area contributed by atoms with Gasteiger partial charge < -0.3 is 5.32 Å². The highest BCUT2D eigenvalue weighted by Gasteiger charge is 2.08.